The fourth-order valence-corrected chi connectivity index (χ4v) is 1.99. The summed E-state index contributed by atoms with van der Waals surface area (Å²) < 4.78 is 5.42. The van der Waals surface area contributed by atoms with Crippen LogP contribution in [0.5, 0.6) is 0 Å². The number of anilines is 1. The summed E-state index contributed by atoms with van der Waals surface area (Å²) in [7, 11) is 2.13. The normalized spacial score (nSPS) is 20.4. The maximum absolute atomic E-state index is 5.42. The second-order valence-corrected chi connectivity index (χ2v) is 4.76. The van der Waals surface area contributed by atoms with Crippen LogP contribution in [0.15, 0.2) is 18.5 Å². The van der Waals surface area contributed by atoms with Crippen LogP contribution in [0.4, 0.5) is 5.69 Å². The van der Waals surface area contributed by atoms with Crippen molar-refractivity contribution in [2.75, 3.05) is 25.2 Å². The molecule has 1 aromatic rings. The molecule has 1 atom stereocenters. The summed E-state index contributed by atoms with van der Waals surface area (Å²) in [6.07, 6.45) is 5.00. The van der Waals surface area contributed by atoms with Gasteiger partial charge in [0.2, 0.25) is 0 Å². The SMILES string of the molecule is CC(C)c1cncc(N(C)C2CCOC2)c1. The van der Waals surface area contributed by atoms with Crippen LogP contribution in [-0.2, 0) is 4.74 Å². The van der Waals surface area contributed by atoms with Crippen molar-refractivity contribution >= 4 is 5.69 Å². The van der Waals surface area contributed by atoms with Gasteiger partial charge in [-0.2, -0.15) is 0 Å². The lowest BCUT2D eigenvalue weighted by Crippen LogP contribution is -2.31. The van der Waals surface area contributed by atoms with E-state index in [1.165, 1.54) is 11.3 Å². The Morgan fingerprint density at radius 1 is 1.44 bits per heavy atom. The molecule has 1 fully saturated rings. The van der Waals surface area contributed by atoms with Crippen LogP contribution in [0, 0.1) is 0 Å². The van der Waals surface area contributed by atoms with Crippen molar-refractivity contribution in [3.8, 4) is 0 Å². The molecule has 0 amide bonds. The summed E-state index contributed by atoms with van der Waals surface area (Å²) in [4.78, 5) is 6.60. The highest BCUT2D eigenvalue weighted by atomic mass is 16.5. The van der Waals surface area contributed by atoms with Gasteiger partial charge in [0.05, 0.1) is 24.5 Å². The van der Waals surface area contributed by atoms with E-state index in [1.807, 2.05) is 12.4 Å². The predicted molar refractivity (Wildman–Crippen MR) is 66.0 cm³/mol. The minimum Gasteiger partial charge on any atom is -0.379 e. The molecule has 0 aliphatic carbocycles. The fraction of sp³-hybridized carbons (Fsp3) is 0.615. The summed E-state index contributed by atoms with van der Waals surface area (Å²) in [5.74, 6) is 0.528. The molecular weight excluding hydrogens is 200 g/mol. The quantitative estimate of drug-likeness (QED) is 0.782. The first kappa shape index (κ1) is 11.4. The highest BCUT2D eigenvalue weighted by Crippen LogP contribution is 2.23. The van der Waals surface area contributed by atoms with Gasteiger partial charge in [0.25, 0.3) is 0 Å². The number of rotatable bonds is 3. The molecule has 0 saturated carbocycles. The zero-order valence-corrected chi connectivity index (χ0v) is 10.3. The molecular formula is C13H20N2O. The van der Waals surface area contributed by atoms with Crippen LogP contribution in [0.25, 0.3) is 0 Å². The zero-order chi connectivity index (χ0) is 11.5. The summed E-state index contributed by atoms with van der Waals surface area (Å²) in [6.45, 7) is 6.10. The van der Waals surface area contributed by atoms with Crippen molar-refractivity contribution in [3.63, 3.8) is 0 Å². The largest absolute Gasteiger partial charge is 0.379 e. The van der Waals surface area contributed by atoms with Crippen LogP contribution >= 0.6 is 0 Å². The van der Waals surface area contributed by atoms with E-state index in [0.29, 0.717) is 12.0 Å². The first-order valence-corrected chi connectivity index (χ1v) is 5.94. The molecule has 0 bridgehead atoms. The van der Waals surface area contributed by atoms with Gasteiger partial charge in [-0.1, -0.05) is 13.8 Å². The van der Waals surface area contributed by atoms with Gasteiger partial charge in [-0.15, -0.1) is 0 Å². The fourth-order valence-electron chi connectivity index (χ4n) is 1.99. The number of likely N-dealkylation sites (N-methyl/N-ethyl adjacent to an activating group) is 1. The highest BCUT2D eigenvalue weighted by Gasteiger charge is 2.20. The Morgan fingerprint density at radius 3 is 2.88 bits per heavy atom. The van der Waals surface area contributed by atoms with E-state index >= 15 is 0 Å². The molecule has 2 heterocycles. The van der Waals surface area contributed by atoms with Crippen LogP contribution in [0.3, 0.4) is 0 Å². The average molecular weight is 220 g/mol. The minimum absolute atomic E-state index is 0.504. The van der Waals surface area contributed by atoms with E-state index in [0.717, 1.165) is 19.6 Å². The zero-order valence-electron chi connectivity index (χ0n) is 10.3. The number of hydrogen-bond acceptors (Lipinski definition) is 3. The first-order valence-electron chi connectivity index (χ1n) is 5.94. The molecule has 16 heavy (non-hydrogen) atoms. The lowest BCUT2D eigenvalue weighted by Gasteiger charge is -2.25. The number of pyridine rings is 1. The Hall–Kier alpha value is -1.09. The third kappa shape index (κ3) is 2.35. The molecule has 1 saturated heterocycles. The lowest BCUT2D eigenvalue weighted by atomic mass is 10.1. The Kier molecular flexibility index (Phi) is 3.44. The van der Waals surface area contributed by atoms with Crippen LogP contribution in [0.2, 0.25) is 0 Å². The van der Waals surface area contributed by atoms with Crippen molar-refractivity contribution in [1.29, 1.82) is 0 Å². The van der Waals surface area contributed by atoms with Crippen LogP contribution in [0.1, 0.15) is 31.7 Å². The third-order valence-electron chi connectivity index (χ3n) is 3.27. The molecule has 2 rings (SSSR count). The molecule has 1 aliphatic heterocycles. The van der Waals surface area contributed by atoms with Crippen molar-refractivity contribution in [2.24, 2.45) is 0 Å². The van der Waals surface area contributed by atoms with Gasteiger partial charge < -0.3 is 9.64 Å². The molecule has 1 unspecified atom stereocenters. The minimum atomic E-state index is 0.504. The van der Waals surface area contributed by atoms with Gasteiger partial charge in [0.1, 0.15) is 0 Å². The molecule has 0 N–H and O–H groups in total. The van der Waals surface area contributed by atoms with E-state index < -0.39 is 0 Å². The molecule has 1 aromatic heterocycles. The monoisotopic (exact) mass is 220 g/mol. The standard InChI is InChI=1S/C13H20N2O/c1-10(2)11-6-13(8-14-7-11)15(3)12-4-5-16-9-12/h6-8,10,12H,4-5,9H2,1-3H3. The molecule has 3 heteroatoms. The van der Waals surface area contributed by atoms with Gasteiger partial charge in [-0.3, -0.25) is 4.98 Å². The number of hydrogen-bond donors (Lipinski definition) is 0. The first-order chi connectivity index (χ1) is 7.68. The molecule has 0 aromatic carbocycles. The van der Waals surface area contributed by atoms with E-state index in [9.17, 15) is 0 Å². The van der Waals surface area contributed by atoms with Gasteiger partial charge in [-0.05, 0) is 24.0 Å². The maximum atomic E-state index is 5.42. The van der Waals surface area contributed by atoms with Crippen LogP contribution in [-0.4, -0.2) is 31.3 Å². The molecule has 88 valence electrons. The molecule has 3 nitrogen and oxygen atoms in total. The van der Waals surface area contributed by atoms with E-state index in [2.05, 4.69) is 36.8 Å². The molecule has 0 radical (unpaired) electrons. The van der Waals surface area contributed by atoms with Crippen molar-refractivity contribution in [3.05, 3.63) is 24.0 Å². The maximum Gasteiger partial charge on any atom is 0.0670 e. The third-order valence-corrected chi connectivity index (χ3v) is 3.27. The summed E-state index contributed by atoms with van der Waals surface area (Å²) in [5.41, 5.74) is 2.49. The van der Waals surface area contributed by atoms with E-state index in [-0.39, 0.29) is 0 Å². The van der Waals surface area contributed by atoms with Gasteiger partial charge >= 0.3 is 0 Å². The van der Waals surface area contributed by atoms with Gasteiger partial charge in [0, 0.05) is 19.9 Å². The molecule has 1 aliphatic rings. The van der Waals surface area contributed by atoms with Crippen molar-refractivity contribution in [1.82, 2.24) is 4.98 Å². The number of nitrogens with zero attached hydrogens (tertiary/aromatic N) is 2. The predicted octanol–water partition coefficient (Wildman–Crippen LogP) is 2.43. The van der Waals surface area contributed by atoms with Gasteiger partial charge in [-0.25, -0.2) is 0 Å². The summed E-state index contributed by atoms with van der Waals surface area (Å²) >= 11 is 0. The smallest absolute Gasteiger partial charge is 0.0670 e. The summed E-state index contributed by atoms with van der Waals surface area (Å²) in [5, 5.41) is 0. The number of aromatic nitrogens is 1. The van der Waals surface area contributed by atoms with Gasteiger partial charge in [0.15, 0.2) is 0 Å². The lowest BCUT2D eigenvalue weighted by molar-refractivity contribution is 0.193. The Balaban J connectivity index is 2.15. The highest BCUT2D eigenvalue weighted by molar-refractivity contribution is 5.47. The second kappa shape index (κ2) is 4.83. The Labute approximate surface area is 97.4 Å². The van der Waals surface area contributed by atoms with Crippen LogP contribution < -0.4 is 4.90 Å². The van der Waals surface area contributed by atoms with E-state index in [4.69, 9.17) is 4.74 Å². The Bertz CT molecular complexity index is 346. The number of ether oxygens (including phenoxy) is 1. The molecule has 0 spiro atoms. The van der Waals surface area contributed by atoms with E-state index in [1.54, 1.807) is 0 Å². The average Bonchev–Trinajstić information content (AvgIpc) is 2.81. The van der Waals surface area contributed by atoms with Crippen molar-refractivity contribution in [2.45, 2.75) is 32.2 Å². The Morgan fingerprint density at radius 2 is 2.25 bits per heavy atom. The van der Waals surface area contributed by atoms with Crippen molar-refractivity contribution < 1.29 is 4.74 Å². The topological polar surface area (TPSA) is 25.4 Å². The second-order valence-electron chi connectivity index (χ2n) is 4.76. The summed E-state index contributed by atoms with van der Waals surface area (Å²) in [6, 6.07) is 2.74.